The first-order valence-electron chi connectivity index (χ1n) is 6.10. The summed E-state index contributed by atoms with van der Waals surface area (Å²) in [5, 5.41) is 4.84. The number of carbonyl (C=O) groups excluding carboxylic acids is 1. The van der Waals surface area contributed by atoms with Crippen molar-refractivity contribution in [2.24, 2.45) is 0 Å². The number of aryl methyl sites for hydroxylation is 1. The van der Waals surface area contributed by atoms with Gasteiger partial charge >= 0.3 is 6.18 Å². The minimum absolute atomic E-state index is 0.0489. The average molecular weight is 272 g/mol. The van der Waals surface area contributed by atoms with Gasteiger partial charge in [0.1, 0.15) is 6.54 Å². The Balaban J connectivity index is 1.79. The van der Waals surface area contributed by atoms with Crippen molar-refractivity contribution in [1.82, 2.24) is 10.6 Å². The quantitative estimate of drug-likeness (QED) is 0.879. The van der Waals surface area contributed by atoms with Gasteiger partial charge < -0.3 is 10.6 Å². The Morgan fingerprint density at radius 2 is 2.05 bits per heavy atom. The lowest BCUT2D eigenvalue weighted by Gasteiger charge is -2.14. The fraction of sp³-hybridized carbons (Fsp3) is 0.462. The van der Waals surface area contributed by atoms with Crippen LogP contribution in [0.3, 0.4) is 0 Å². The molecule has 1 aromatic carbocycles. The number of benzene rings is 1. The zero-order chi connectivity index (χ0) is 13.9. The van der Waals surface area contributed by atoms with Crippen LogP contribution in [0.15, 0.2) is 24.3 Å². The number of fused-ring (bicyclic) bond motifs is 1. The van der Waals surface area contributed by atoms with Crippen LogP contribution >= 0.6 is 0 Å². The van der Waals surface area contributed by atoms with E-state index in [0.717, 1.165) is 18.4 Å². The van der Waals surface area contributed by atoms with Gasteiger partial charge in [-0.1, -0.05) is 24.3 Å². The molecule has 1 aliphatic rings. The molecule has 19 heavy (non-hydrogen) atoms. The number of hydrogen-bond acceptors (Lipinski definition) is 2. The van der Waals surface area contributed by atoms with Crippen LogP contribution in [0.4, 0.5) is 13.2 Å². The van der Waals surface area contributed by atoms with Gasteiger partial charge in [0.05, 0.1) is 6.54 Å². The first kappa shape index (κ1) is 13.9. The van der Waals surface area contributed by atoms with Crippen molar-refractivity contribution in [2.45, 2.75) is 25.1 Å². The molecular formula is C13H15F3N2O. The van der Waals surface area contributed by atoms with Crippen LogP contribution in [0, 0.1) is 0 Å². The van der Waals surface area contributed by atoms with Crippen molar-refractivity contribution < 1.29 is 18.0 Å². The summed E-state index contributed by atoms with van der Waals surface area (Å²) < 4.78 is 35.8. The van der Waals surface area contributed by atoms with Crippen LogP contribution in [-0.2, 0) is 11.2 Å². The Bertz CT molecular complexity index is 459. The lowest BCUT2D eigenvalue weighted by atomic mass is 10.1. The largest absolute Gasteiger partial charge is 0.405 e. The van der Waals surface area contributed by atoms with E-state index in [1.165, 1.54) is 5.56 Å². The maximum Gasteiger partial charge on any atom is 0.405 e. The van der Waals surface area contributed by atoms with E-state index in [4.69, 9.17) is 0 Å². The standard InChI is InChI=1S/C13H15F3N2O/c14-13(15,16)8-18-12(19)7-17-11-6-5-9-3-1-2-4-10(9)11/h1-4,11,17H,5-8H2,(H,18,19). The number of rotatable bonds is 4. The molecule has 1 atom stereocenters. The summed E-state index contributed by atoms with van der Waals surface area (Å²) in [7, 11) is 0. The van der Waals surface area contributed by atoms with Crippen LogP contribution in [0.5, 0.6) is 0 Å². The molecule has 0 spiro atoms. The summed E-state index contributed by atoms with van der Waals surface area (Å²) in [6.45, 7) is -1.39. The zero-order valence-corrected chi connectivity index (χ0v) is 10.3. The molecule has 6 heteroatoms. The monoisotopic (exact) mass is 272 g/mol. The predicted molar refractivity (Wildman–Crippen MR) is 64.6 cm³/mol. The van der Waals surface area contributed by atoms with E-state index in [1.54, 1.807) is 0 Å². The molecule has 0 aliphatic heterocycles. The Labute approximate surface area is 109 Å². The van der Waals surface area contributed by atoms with Crippen molar-refractivity contribution >= 4 is 5.91 Å². The highest BCUT2D eigenvalue weighted by atomic mass is 19.4. The van der Waals surface area contributed by atoms with E-state index >= 15 is 0 Å². The van der Waals surface area contributed by atoms with E-state index < -0.39 is 18.6 Å². The molecule has 1 aromatic rings. The SMILES string of the molecule is O=C(CNC1CCc2ccccc21)NCC(F)(F)F. The number of alkyl halides is 3. The molecule has 0 saturated carbocycles. The van der Waals surface area contributed by atoms with Gasteiger partial charge in [0.2, 0.25) is 5.91 Å². The van der Waals surface area contributed by atoms with Crippen LogP contribution < -0.4 is 10.6 Å². The molecule has 2 rings (SSSR count). The molecule has 0 heterocycles. The van der Waals surface area contributed by atoms with Gasteiger partial charge in [-0.2, -0.15) is 13.2 Å². The zero-order valence-electron chi connectivity index (χ0n) is 10.3. The van der Waals surface area contributed by atoms with Crippen LogP contribution in [0.1, 0.15) is 23.6 Å². The number of amides is 1. The van der Waals surface area contributed by atoms with Crippen molar-refractivity contribution in [3.8, 4) is 0 Å². The molecule has 0 bridgehead atoms. The molecule has 1 unspecified atom stereocenters. The fourth-order valence-corrected chi connectivity index (χ4v) is 2.25. The molecular weight excluding hydrogens is 257 g/mol. The molecule has 0 fully saturated rings. The van der Waals surface area contributed by atoms with Crippen molar-refractivity contribution in [2.75, 3.05) is 13.1 Å². The second kappa shape index (κ2) is 5.61. The van der Waals surface area contributed by atoms with E-state index in [9.17, 15) is 18.0 Å². The van der Waals surface area contributed by atoms with Crippen LogP contribution in [0.2, 0.25) is 0 Å². The summed E-state index contributed by atoms with van der Waals surface area (Å²) in [6, 6.07) is 7.93. The molecule has 0 saturated heterocycles. The van der Waals surface area contributed by atoms with E-state index in [2.05, 4.69) is 5.32 Å². The molecule has 0 radical (unpaired) electrons. The summed E-state index contributed by atoms with van der Waals surface area (Å²) in [4.78, 5) is 11.3. The third kappa shape index (κ3) is 3.96. The van der Waals surface area contributed by atoms with Gasteiger partial charge in [0.15, 0.2) is 0 Å². The van der Waals surface area contributed by atoms with Gasteiger partial charge in [-0.3, -0.25) is 4.79 Å². The molecule has 104 valence electrons. The summed E-state index contributed by atoms with van der Waals surface area (Å²) in [5.74, 6) is -0.637. The van der Waals surface area contributed by atoms with E-state index in [1.807, 2.05) is 29.6 Å². The van der Waals surface area contributed by atoms with Crippen LogP contribution in [0.25, 0.3) is 0 Å². The molecule has 1 aliphatic carbocycles. The lowest BCUT2D eigenvalue weighted by molar-refractivity contribution is -0.137. The second-order valence-corrected chi connectivity index (χ2v) is 4.56. The van der Waals surface area contributed by atoms with Gasteiger partial charge in [0, 0.05) is 6.04 Å². The van der Waals surface area contributed by atoms with Gasteiger partial charge in [0.25, 0.3) is 0 Å². The number of carbonyl (C=O) groups is 1. The average Bonchev–Trinajstić information content (AvgIpc) is 2.76. The summed E-state index contributed by atoms with van der Waals surface area (Å²) >= 11 is 0. The Hall–Kier alpha value is -1.56. The normalized spacial score (nSPS) is 18.2. The highest BCUT2D eigenvalue weighted by Gasteiger charge is 2.28. The van der Waals surface area contributed by atoms with Crippen molar-refractivity contribution in [1.29, 1.82) is 0 Å². The summed E-state index contributed by atoms with van der Waals surface area (Å²) in [5.41, 5.74) is 2.36. The molecule has 2 N–H and O–H groups in total. The second-order valence-electron chi connectivity index (χ2n) is 4.56. The highest BCUT2D eigenvalue weighted by molar-refractivity contribution is 5.78. The minimum atomic E-state index is -4.37. The first-order chi connectivity index (χ1) is 8.96. The van der Waals surface area contributed by atoms with E-state index in [0.29, 0.717) is 0 Å². The maximum atomic E-state index is 11.9. The number of halogens is 3. The highest BCUT2D eigenvalue weighted by Crippen LogP contribution is 2.30. The molecule has 3 nitrogen and oxygen atoms in total. The van der Waals surface area contributed by atoms with E-state index in [-0.39, 0.29) is 12.6 Å². The molecule has 0 aromatic heterocycles. The number of nitrogens with one attached hydrogen (secondary N) is 2. The lowest BCUT2D eigenvalue weighted by Crippen LogP contribution is -2.39. The molecule has 1 amide bonds. The third-order valence-corrected chi connectivity index (χ3v) is 3.13. The third-order valence-electron chi connectivity index (χ3n) is 3.13. The van der Waals surface area contributed by atoms with Gasteiger partial charge in [-0.15, -0.1) is 0 Å². The van der Waals surface area contributed by atoms with Gasteiger partial charge in [-0.05, 0) is 24.0 Å². The first-order valence-corrected chi connectivity index (χ1v) is 6.10. The fourth-order valence-electron chi connectivity index (χ4n) is 2.25. The topological polar surface area (TPSA) is 41.1 Å². The Morgan fingerprint density at radius 3 is 2.79 bits per heavy atom. The summed E-state index contributed by atoms with van der Waals surface area (Å²) in [6.07, 6.45) is -2.57. The smallest absolute Gasteiger partial charge is 0.346 e. The van der Waals surface area contributed by atoms with Gasteiger partial charge in [-0.25, -0.2) is 0 Å². The van der Waals surface area contributed by atoms with Crippen molar-refractivity contribution in [3.05, 3.63) is 35.4 Å². The Morgan fingerprint density at radius 1 is 1.32 bits per heavy atom. The van der Waals surface area contributed by atoms with Crippen molar-refractivity contribution in [3.63, 3.8) is 0 Å². The number of hydrogen-bond donors (Lipinski definition) is 2. The predicted octanol–water partition coefficient (Wildman–Crippen LogP) is 1.94. The maximum absolute atomic E-state index is 11.9. The Kier molecular flexibility index (Phi) is 4.09. The minimum Gasteiger partial charge on any atom is -0.346 e. The van der Waals surface area contributed by atoms with Crippen LogP contribution in [-0.4, -0.2) is 25.2 Å².